The molecule has 1 aromatic rings. The van der Waals surface area contributed by atoms with Gasteiger partial charge in [0.2, 0.25) is 11.9 Å². The molecule has 0 radical (unpaired) electrons. The Labute approximate surface area is 123 Å². The standard InChI is InChI=1S/C14H18N6O/c1-9-3-10(2)7-19(6-9)13(21)8-20-12(5-16)11(4-15)18-14(20)17/h9-10H,3,6-8H2,1-2H3,(H2,17,18)/t9-,10-/m1/s1. The van der Waals surface area contributed by atoms with Gasteiger partial charge in [-0.15, -0.1) is 0 Å². The molecule has 0 unspecified atom stereocenters. The Morgan fingerprint density at radius 3 is 2.48 bits per heavy atom. The number of carbonyl (C=O) groups excluding carboxylic acids is 1. The fraction of sp³-hybridized carbons (Fsp3) is 0.571. The molecule has 7 heteroatoms. The summed E-state index contributed by atoms with van der Waals surface area (Å²) in [6.45, 7) is 5.62. The molecular formula is C14H18N6O. The van der Waals surface area contributed by atoms with Crippen molar-refractivity contribution in [1.29, 1.82) is 10.5 Å². The number of nitrogens with zero attached hydrogens (tertiary/aromatic N) is 5. The van der Waals surface area contributed by atoms with Crippen LogP contribution in [-0.4, -0.2) is 33.4 Å². The molecule has 2 rings (SSSR count). The van der Waals surface area contributed by atoms with Crippen LogP contribution in [0.1, 0.15) is 31.7 Å². The van der Waals surface area contributed by atoms with Crippen LogP contribution in [0.3, 0.4) is 0 Å². The third-order valence-electron chi connectivity index (χ3n) is 3.72. The van der Waals surface area contributed by atoms with E-state index in [1.54, 1.807) is 4.90 Å². The highest BCUT2D eigenvalue weighted by molar-refractivity contribution is 5.77. The summed E-state index contributed by atoms with van der Waals surface area (Å²) in [5, 5.41) is 18.0. The molecule has 21 heavy (non-hydrogen) atoms. The molecule has 0 bridgehead atoms. The van der Waals surface area contributed by atoms with Gasteiger partial charge in [0.05, 0.1) is 0 Å². The van der Waals surface area contributed by atoms with E-state index in [1.165, 1.54) is 4.57 Å². The predicted octanol–water partition coefficient (Wildman–Crippen LogP) is 0.713. The molecule has 1 saturated heterocycles. The number of hydrogen-bond donors (Lipinski definition) is 1. The average Bonchev–Trinajstić information content (AvgIpc) is 2.73. The quantitative estimate of drug-likeness (QED) is 0.860. The van der Waals surface area contributed by atoms with Crippen LogP contribution >= 0.6 is 0 Å². The molecule has 0 spiro atoms. The van der Waals surface area contributed by atoms with Crippen LogP contribution in [0.5, 0.6) is 0 Å². The van der Waals surface area contributed by atoms with Crippen molar-refractivity contribution in [2.75, 3.05) is 18.8 Å². The Kier molecular flexibility index (Phi) is 4.13. The number of carbonyl (C=O) groups is 1. The highest BCUT2D eigenvalue weighted by Crippen LogP contribution is 2.22. The first kappa shape index (κ1) is 14.9. The van der Waals surface area contributed by atoms with Gasteiger partial charge in [-0.1, -0.05) is 13.8 Å². The molecular weight excluding hydrogens is 268 g/mol. The molecule has 7 nitrogen and oxygen atoms in total. The molecule has 2 atom stereocenters. The summed E-state index contributed by atoms with van der Waals surface area (Å²) in [5.41, 5.74) is 5.71. The van der Waals surface area contributed by atoms with E-state index < -0.39 is 0 Å². The number of hydrogen-bond acceptors (Lipinski definition) is 5. The SMILES string of the molecule is C[C@@H]1C[C@@H](C)CN(C(=O)Cn2c(N)nc(C#N)c2C#N)C1. The molecule has 110 valence electrons. The number of nitrogen functional groups attached to an aromatic ring is 1. The first-order valence-electron chi connectivity index (χ1n) is 6.90. The Hall–Kier alpha value is -2.54. The maximum atomic E-state index is 12.4. The van der Waals surface area contributed by atoms with Gasteiger partial charge in [-0.25, -0.2) is 4.98 Å². The van der Waals surface area contributed by atoms with Crippen molar-refractivity contribution < 1.29 is 4.79 Å². The van der Waals surface area contributed by atoms with E-state index in [4.69, 9.17) is 16.3 Å². The predicted molar refractivity (Wildman–Crippen MR) is 75.6 cm³/mol. The first-order valence-corrected chi connectivity index (χ1v) is 6.90. The van der Waals surface area contributed by atoms with E-state index >= 15 is 0 Å². The van der Waals surface area contributed by atoms with E-state index in [9.17, 15) is 4.79 Å². The maximum Gasteiger partial charge on any atom is 0.242 e. The summed E-state index contributed by atoms with van der Waals surface area (Å²) >= 11 is 0. The highest BCUT2D eigenvalue weighted by Gasteiger charge is 2.27. The number of rotatable bonds is 2. The summed E-state index contributed by atoms with van der Waals surface area (Å²) in [4.78, 5) is 18.0. The number of anilines is 1. The Bertz CT molecular complexity index is 625. The van der Waals surface area contributed by atoms with Crippen LogP contribution in [0.15, 0.2) is 0 Å². The second-order valence-electron chi connectivity index (χ2n) is 5.72. The number of nitrogens with two attached hydrogens (primary N) is 1. The average molecular weight is 286 g/mol. The van der Waals surface area contributed by atoms with Gasteiger partial charge in [0.15, 0.2) is 11.4 Å². The topological polar surface area (TPSA) is 112 Å². The normalized spacial score (nSPS) is 21.6. The fourth-order valence-corrected chi connectivity index (χ4v) is 2.92. The number of imidazole rings is 1. The van der Waals surface area contributed by atoms with Crippen LogP contribution in [0, 0.1) is 34.5 Å². The lowest BCUT2D eigenvalue weighted by Gasteiger charge is -2.35. The summed E-state index contributed by atoms with van der Waals surface area (Å²) in [6.07, 6.45) is 1.11. The molecule has 1 amide bonds. The molecule has 0 aromatic carbocycles. The largest absolute Gasteiger partial charge is 0.369 e. The van der Waals surface area contributed by atoms with Gasteiger partial charge in [-0.3, -0.25) is 9.36 Å². The van der Waals surface area contributed by atoms with E-state index in [-0.39, 0.29) is 29.8 Å². The Morgan fingerprint density at radius 2 is 1.95 bits per heavy atom. The fourth-order valence-electron chi connectivity index (χ4n) is 2.92. The van der Waals surface area contributed by atoms with Crippen LogP contribution in [0.25, 0.3) is 0 Å². The monoisotopic (exact) mass is 286 g/mol. The van der Waals surface area contributed by atoms with Gasteiger partial charge < -0.3 is 10.6 Å². The second-order valence-corrected chi connectivity index (χ2v) is 5.72. The zero-order chi connectivity index (χ0) is 15.6. The number of amides is 1. The zero-order valence-electron chi connectivity index (χ0n) is 12.2. The van der Waals surface area contributed by atoms with Crippen molar-refractivity contribution >= 4 is 11.9 Å². The smallest absolute Gasteiger partial charge is 0.242 e. The lowest BCUT2D eigenvalue weighted by atomic mass is 9.92. The van der Waals surface area contributed by atoms with E-state index in [2.05, 4.69) is 18.8 Å². The molecule has 1 aromatic heterocycles. The molecule has 1 fully saturated rings. The molecule has 2 heterocycles. The van der Waals surface area contributed by atoms with Crippen LogP contribution in [-0.2, 0) is 11.3 Å². The van der Waals surface area contributed by atoms with Gasteiger partial charge >= 0.3 is 0 Å². The summed E-state index contributed by atoms with van der Waals surface area (Å²) in [5.74, 6) is 0.846. The number of piperidine rings is 1. The minimum Gasteiger partial charge on any atom is -0.369 e. The number of nitriles is 2. The van der Waals surface area contributed by atoms with Gasteiger partial charge in [0, 0.05) is 13.1 Å². The minimum atomic E-state index is -0.0986. The lowest BCUT2D eigenvalue weighted by Crippen LogP contribution is -2.44. The lowest BCUT2D eigenvalue weighted by molar-refractivity contribution is -0.134. The summed E-state index contributed by atoms with van der Waals surface area (Å²) < 4.78 is 1.31. The van der Waals surface area contributed by atoms with Crippen LogP contribution in [0.4, 0.5) is 5.95 Å². The van der Waals surface area contributed by atoms with E-state index in [0.717, 1.165) is 6.42 Å². The van der Waals surface area contributed by atoms with Crippen molar-refractivity contribution in [3.8, 4) is 12.1 Å². The summed E-state index contributed by atoms with van der Waals surface area (Å²) in [6, 6.07) is 3.70. The van der Waals surface area contributed by atoms with Crippen molar-refractivity contribution in [2.45, 2.75) is 26.8 Å². The molecule has 0 saturated carbocycles. The third kappa shape index (κ3) is 2.97. The second kappa shape index (κ2) is 5.84. The van der Waals surface area contributed by atoms with Gasteiger partial charge in [0.25, 0.3) is 0 Å². The van der Waals surface area contributed by atoms with Crippen molar-refractivity contribution in [3.63, 3.8) is 0 Å². The molecule has 2 N–H and O–H groups in total. The number of aromatic nitrogens is 2. The van der Waals surface area contributed by atoms with Crippen molar-refractivity contribution in [3.05, 3.63) is 11.4 Å². The Morgan fingerprint density at radius 1 is 1.33 bits per heavy atom. The van der Waals surface area contributed by atoms with E-state index in [1.807, 2.05) is 12.1 Å². The summed E-state index contributed by atoms with van der Waals surface area (Å²) in [7, 11) is 0. The van der Waals surface area contributed by atoms with Crippen molar-refractivity contribution in [1.82, 2.24) is 14.5 Å². The highest BCUT2D eigenvalue weighted by atomic mass is 16.2. The van der Waals surface area contributed by atoms with Gasteiger partial charge in [-0.05, 0) is 18.3 Å². The van der Waals surface area contributed by atoms with E-state index in [0.29, 0.717) is 24.9 Å². The first-order chi connectivity index (χ1) is 9.96. The zero-order valence-corrected chi connectivity index (χ0v) is 12.2. The number of likely N-dealkylation sites (tertiary alicyclic amines) is 1. The minimum absolute atomic E-state index is 0.0227. The molecule has 0 aliphatic carbocycles. The maximum absolute atomic E-state index is 12.4. The van der Waals surface area contributed by atoms with Crippen LogP contribution < -0.4 is 5.73 Å². The van der Waals surface area contributed by atoms with Crippen LogP contribution in [0.2, 0.25) is 0 Å². The van der Waals surface area contributed by atoms with Gasteiger partial charge in [0.1, 0.15) is 18.7 Å². The molecule has 1 aliphatic heterocycles. The van der Waals surface area contributed by atoms with Crippen molar-refractivity contribution in [2.24, 2.45) is 11.8 Å². The Balaban J connectivity index is 2.19. The third-order valence-corrected chi connectivity index (χ3v) is 3.72. The van der Waals surface area contributed by atoms with Gasteiger partial charge in [-0.2, -0.15) is 10.5 Å². The molecule has 1 aliphatic rings.